The second-order valence-electron chi connectivity index (χ2n) is 3.53. The van der Waals surface area contributed by atoms with E-state index in [-0.39, 0.29) is 6.61 Å². The summed E-state index contributed by atoms with van der Waals surface area (Å²) in [5.41, 5.74) is 1.88. The smallest absolute Gasteiger partial charge is 0.154 e. The van der Waals surface area contributed by atoms with Crippen molar-refractivity contribution < 1.29 is 14.9 Å². The highest BCUT2D eigenvalue weighted by Gasteiger charge is 2.02. The molecule has 0 aliphatic rings. The minimum atomic E-state index is -0.674. The van der Waals surface area contributed by atoms with Crippen molar-refractivity contribution in [2.24, 2.45) is 0 Å². The van der Waals surface area contributed by atoms with Gasteiger partial charge < -0.3 is 14.9 Å². The van der Waals surface area contributed by atoms with Crippen molar-refractivity contribution >= 4 is 0 Å². The zero-order chi connectivity index (χ0) is 11.1. The lowest BCUT2D eigenvalue weighted by Gasteiger charge is -2.10. The molecule has 0 bridgehead atoms. The van der Waals surface area contributed by atoms with Gasteiger partial charge in [0.05, 0.1) is 13.2 Å². The molecule has 0 saturated heterocycles. The zero-order valence-corrected chi connectivity index (χ0v) is 9.02. The van der Waals surface area contributed by atoms with E-state index in [0.29, 0.717) is 13.0 Å². The largest absolute Gasteiger partial charge is 0.392 e. The van der Waals surface area contributed by atoms with Gasteiger partial charge in [-0.15, -0.1) is 0 Å². The Morgan fingerprint density at radius 2 is 1.80 bits per heavy atom. The van der Waals surface area contributed by atoms with E-state index >= 15 is 0 Å². The van der Waals surface area contributed by atoms with Gasteiger partial charge >= 0.3 is 0 Å². The molecule has 0 radical (unpaired) electrons. The summed E-state index contributed by atoms with van der Waals surface area (Å²) in [5, 5.41) is 18.2. The molecule has 0 heterocycles. The number of benzene rings is 1. The van der Waals surface area contributed by atoms with E-state index in [2.05, 4.69) is 0 Å². The molecule has 0 saturated carbocycles. The highest BCUT2D eigenvalue weighted by atomic mass is 16.6. The van der Waals surface area contributed by atoms with Crippen LogP contribution < -0.4 is 0 Å². The molecule has 1 aromatic carbocycles. The first kappa shape index (κ1) is 12.2. The average Bonchev–Trinajstić information content (AvgIpc) is 2.27. The molecule has 1 aromatic rings. The molecule has 1 unspecified atom stereocenters. The van der Waals surface area contributed by atoms with Crippen molar-refractivity contribution in [1.82, 2.24) is 0 Å². The number of rotatable bonds is 6. The summed E-state index contributed by atoms with van der Waals surface area (Å²) in [7, 11) is 0. The fourth-order valence-corrected chi connectivity index (χ4v) is 1.26. The Morgan fingerprint density at radius 3 is 2.33 bits per heavy atom. The van der Waals surface area contributed by atoms with E-state index < -0.39 is 6.29 Å². The third-order valence-electron chi connectivity index (χ3n) is 2.18. The molecule has 84 valence electrons. The standard InChI is InChI=1S/C12H18O3/c1-2-3-12(14)15-9-11-6-4-10(8-13)5-7-11/h4-7,12-14H,2-3,8-9H2,1H3. The van der Waals surface area contributed by atoms with Crippen LogP contribution in [-0.4, -0.2) is 16.5 Å². The first-order chi connectivity index (χ1) is 7.26. The van der Waals surface area contributed by atoms with Crippen LogP contribution in [0.15, 0.2) is 24.3 Å². The van der Waals surface area contributed by atoms with E-state index in [1.165, 1.54) is 0 Å². The molecule has 0 fully saturated rings. The highest BCUT2D eigenvalue weighted by molar-refractivity contribution is 5.21. The van der Waals surface area contributed by atoms with Crippen LogP contribution in [0.5, 0.6) is 0 Å². The SMILES string of the molecule is CCCC(O)OCc1ccc(CO)cc1. The molecule has 15 heavy (non-hydrogen) atoms. The molecule has 0 amide bonds. The van der Waals surface area contributed by atoms with Crippen LogP contribution in [0.1, 0.15) is 30.9 Å². The third kappa shape index (κ3) is 4.42. The Balaban J connectivity index is 2.37. The molecule has 3 nitrogen and oxygen atoms in total. The minimum Gasteiger partial charge on any atom is -0.392 e. The summed E-state index contributed by atoms with van der Waals surface area (Å²) in [4.78, 5) is 0. The van der Waals surface area contributed by atoms with E-state index in [1.54, 1.807) is 0 Å². The predicted molar refractivity (Wildman–Crippen MR) is 58.1 cm³/mol. The van der Waals surface area contributed by atoms with Gasteiger partial charge in [-0.25, -0.2) is 0 Å². The Kier molecular flexibility index (Phi) is 5.32. The first-order valence-electron chi connectivity index (χ1n) is 5.24. The number of hydrogen-bond donors (Lipinski definition) is 2. The molecule has 3 heteroatoms. The summed E-state index contributed by atoms with van der Waals surface area (Å²) in [5.74, 6) is 0. The maximum Gasteiger partial charge on any atom is 0.154 e. The topological polar surface area (TPSA) is 49.7 Å². The predicted octanol–water partition coefficient (Wildman–Crippen LogP) is 1.81. The Labute approximate surface area is 90.3 Å². The minimum absolute atomic E-state index is 0.0552. The van der Waals surface area contributed by atoms with Gasteiger partial charge in [-0.2, -0.15) is 0 Å². The fourth-order valence-electron chi connectivity index (χ4n) is 1.26. The van der Waals surface area contributed by atoms with Crippen LogP contribution in [-0.2, 0) is 18.0 Å². The van der Waals surface area contributed by atoms with Gasteiger partial charge in [-0.05, 0) is 17.5 Å². The van der Waals surface area contributed by atoms with Gasteiger partial charge in [-0.1, -0.05) is 37.6 Å². The van der Waals surface area contributed by atoms with Crippen molar-refractivity contribution in [3.05, 3.63) is 35.4 Å². The molecule has 0 aromatic heterocycles. The molecule has 1 rings (SSSR count). The summed E-state index contributed by atoms with van der Waals surface area (Å²) in [6.45, 7) is 2.47. The molecule has 0 spiro atoms. The first-order valence-corrected chi connectivity index (χ1v) is 5.24. The van der Waals surface area contributed by atoms with Crippen LogP contribution in [0.2, 0.25) is 0 Å². The van der Waals surface area contributed by atoms with Crippen LogP contribution in [0.3, 0.4) is 0 Å². The van der Waals surface area contributed by atoms with Crippen molar-refractivity contribution in [2.45, 2.75) is 39.3 Å². The Morgan fingerprint density at radius 1 is 1.20 bits per heavy atom. The van der Waals surface area contributed by atoms with Gasteiger partial charge in [0.1, 0.15) is 0 Å². The summed E-state index contributed by atoms with van der Waals surface area (Å²) >= 11 is 0. The lowest BCUT2D eigenvalue weighted by molar-refractivity contribution is -0.112. The van der Waals surface area contributed by atoms with Crippen molar-refractivity contribution in [1.29, 1.82) is 0 Å². The second-order valence-corrected chi connectivity index (χ2v) is 3.53. The molecular formula is C12H18O3. The molecule has 0 aliphatic heterocycles. The van der Waals surface area contributed by atoms with E-state index in [4.69, 9.17) is 9.84 Å². The lowest BCUT2D eigenvalue weighted by Crippen LogP contribution is -2.10. The quantitative estimate of drug-likeness (QED) is 0.704. The zero-order valence-electron chi connectivity index (χ0n) is 9.02. The average molecular weight is 210 g/mol. The van der Waals surface area contributed by atoms with E-state index in [9.17, 15) is 5.11 Å². The maximum atomic E-state index is 9.35. The Bertz CT molecular complexity index is 269. The monoisotopic (exact) mass is 210 g/mol. The van der Waals surface area contributed by atoms with Crippen LogP contribution >= 0.6 is 0 Å². The van der Waals surface area contributed by atoms with Gasteiger partial charge in [0, 0.05) is 0 Å². The Hall–Kier alpha value is -0.900. The molecule has 1 atom stereocenters. The number of aliphatic hydroxyl groups is 2. The molecular weight excluding hydrogens is 192 g/mol. The normalized spacial score (nSPS) is 12.7. The molecule has 0 aliphatic carbocycles. The van der Waals surface area contributed by atoms with Crippen molar-refractivity contribution in [3.63, 3.8) is 0 Å². The number of aliphatic hydroxyl groups excluding tert-OH is 2. The summed E-state index contributed by atoms with van der Waals surface area (Å²) in [6, 6.07) is 7.49. The van der Waals surface area contributed by atoms with Crippen molar-refractivity contribution in [2.75, 3.05) is 0 Å². The fraction of sp³-hybridized carbons (Fsp3) is 0.500. The van der Waals surface area contributed by atoms with E-state index in [1.807, 2.05) is 31.2 Å². The molecule has 2 N–H and O–H groups in total. The van der Waals surface area contributed by atoms with Gasteiger partial charge in [0.2, 0.25) is 0 Å². The van der Waals surface area contributed by atoms with Gasteiger partial charge in [0.15, 0.2) is 6.29 Å². The third-order valence-corrected chi connectivity index (χ3v) is 2.18. The summed E-state index contributed by atoms with van der Waals surface area (Å²) < 4.78 is 5.23. The maximum absolute atomic E-state index is 9.35. The number of ether oxygens (including phenoxy) is 1. The summed E-state index contributed by atoms with van der Waals surface area (Å²) in [6.07, 6.45) is 0.895. The number of hydrogen-bond acceptors (Lipinski definition) is 3. The van der Waals surface area contributed by atoms with Gasteiger partial charge in [-0.3, -0.25) is 0 Å². The second kappa shape index (κ2) is 6.56. The van der Waals surface area contributed by atoms with Crippen molar-refractivity contribution in [3.8, 4) is 0 Å². The lowest BCUT2D eigenvalue weighted by atomic mass is 10.1. The highest BCUT2D eigenvalue weighted by Crippen LogP contribution is 2.08. The van der Waals surface area contributed by atoms with Crippen LogP contribution in [0, 0.1) is 0 Å². The van der Waals surface area contributed by atoms with E-state index in [0.717, 1.165) is 17.5 Å². The van der Waals surface area contributed by atoms with Gasteiger partial charge in [0.25, 0.3) is 0 Å². The van der Waals surface area contributed by atoms with Crippen LogP contribution in [0.4, 0.5) is 0 Å². The van der Waals surface area contributed by atoms with Crippen LogP contribution in [0.25, 0.3) is 0 Å².